The van der Waals surface area contributed by atoms with Gasteiger partial charge in [-0.1, -0.05) is 65.8 Å². The second-order valence-electron chi connectivity index (χ2n) is 14.1. The van der Waals surface area contributed by atoms with E-state index in [0.29, 0.717) is 12.6 Å². The molecule has 3 aromatic rings. The first-order valence-corrected chi connectivity index (χ1v) is 15.4. The quantitative estimate of drug-likeness (QED) is 0.292. The highest BCUT2D eigenvalue weighted by Gasteiger charge is 2.37. The molecule has 226 valence electrons. The van der Waals surface area contributed by atoms with E-state index in [1.165, 1.54) is 39.5 Å². The number of methoxy groups -OCH3 is 2. The van der Waals surface area contributed by atoms with E-state index >= 15 is 0 Å². The van der Waals surface area contributed by atoms with Gasteiger partial charge in [0.1, 0.15) is 18.2 Å². The molecule has 0 saturated carbocycles. The first-order valence-electron chi connectivity index (χ1n) is 15.4. The van der Waals surface area contributed by atoms with Gasteiger partial charge in [-0.05, 0) is 108 Å². The summed E-state index contributed by atoms with van der Waals surface area (Å²) in [5, 5.41) is 0. The molecule has 3 aromatic carbocycles. The van der Waals surface area contributed by atoms with Crippen molar-refractivity contribution in [1.29, 1.82) is 0 Å². The predicted molar refractivity (Wildman–Crippen MR) is 181 cm³/mol. The normalized spacial score (nSPS) is 17.7. The molecule has 1 heterocycles. The number of aryl methyl sites for hydroxylation is 1. The first-order chi connectivity index (χ1) is 20.3. The van der Waals surface area contributed by atoms with Crippen molar-refractivity contribution in [2.24, 2.45) is 11.3 Å². The zero-order valence-corrected chi connectivity index (χ0v) is 27.7. The molecule has 0 bridgehead atoms. The van der Waals surface area contributed by atoms with Crippen molar-refractivity contribution >= 4 is 17.1 Å². The van der Waals surface area contributed by atoms with Crippen molar-refractivity contribution < 1.29 is 9.47 Å². The molecule has 0 spiro atoms. The van der Waals surface area contributed by atoms with Gasteiger partial charge in [-0.2, -0.15) is 0 Å². The van der Waals surface area contributed by atoms with Crippen LogP contribution in [0.2, 0.25) is 0 Å². The highest BCUT2D eigenvalue weighted by atomic mass is 16.5. The summed E-state index contributed by atoms with van der Waals surface area (Å²) >= 11 is 0. The fourth-order valence-corrected chi connectivity index (χ4v) is 6.09. The van der Waals surface area contributed by atoms with Crippen molar-refractivity contribution in [1.82, 2.24) is 4.90 Å². The van der Waals surface area contributed by atoms with Gasteiger partial charge < -0.3 is 19.3 Å². The molecule has 2 aliphatic rings. The Bertz CT molecular complexity index is 1560. The molecule has 0 radical (unpaired) electrons. The maximum atomic E-state index is 5.56. The summed E-state index contributed by atoms with van der Waals surface area (Å²) in [6.07, 6.45) is 6.01. The number of ether oxygens (including phenoxy) is 2. The standard InChI is InChI=1S/C39H48N2O2/c1-26-11-17-30(38(3,4)5)23-34(26)40-25-41(35-24-31(39(6,7)8)18-12-27(35)2)37(29-15-21-33(43-10)22-16-29)36(40)28-13-19-32(42-9)20-14-28/h11-17,19-24,31H,18,25H2,1-10H3. The van der Waals surface area contributed by atoms with Crippen molar-refractivity contribution in [3.8, 4) is 11.5 Å². The topological polar surface area (TPSA) is 24.9 Å². The van der Waals surface area contributed by atoms with Crippen LogP contribution in [0, 0.1) is 18.3 Å². The Kier molecular flexibility index (Phi) is 8.26. The summed E-state index contributed by atoms with van der Waals surface area (Å²) in [7, 11) is 3.44. The summed E-state index contributed by atoms with van der Waals surface area (Å²) in [6, 6.07) is 24.0. The molecule has 1 atom stereocenters. The Labute approximate surface area is 259 Å². The van der Waals surface area contributed by atoms with E-state index in [2.05, 4.69) is 144 Å². The van der Waals surface area contributed by atoms with Gasteiger partial charge in [0.25, 0.3) is 0 Å². The zero-order chi connectivity index (χ0) is 31.1. The molecule has 0 aromatic heterocycles. The Morgan fingerprint density at radius 3 is 1.72 bits per heavy atom. The molecule has 0 amide bonds. The SMILES string of the molecule is COc1ccc(C2=C(c3ccc(OC)cc3)N(c3cc(C(C)(C)C)ccc3C)CN2C2=CC(C(C)(C)C)CC=C2C)cc1. The van der Waals surface area contributed by atoms with Crippen molar-refractivity contribution in [2.45, 2.75) is 67.2 Å². The van der Waals surface area contributed by atoms with Gasteiger partial charge >= 0.3 is 0 Å². The van der Waals surface area contributed by atoms with E-state index in [9.17, 15) is 0 Å². The van der Waals surface area contributed by atoms with Crippen LogP contribution < -0.4 is 14.4 Å². The minimum absolute atomic E-state index is 0.0375. The molecule has 1 unspecified atom stereocenters. The van der Waals surface area contributed by atoms with E-state index in [1.807, 2.05) is 0 Å². The van der Waals surface area contributed by atoms with Gasteiger partial charge in [0.2, 0.25) is 0 Å². The van der Waals surface area contributed by atoms with Gasteiger partial charge in [0.15, 0.2) is 0 Å². The van der Waals surface area contributed by atoms with E-state index in [4.69, 9.17) is 9.47 Å². The second kappa shape index (κ2) is 11.6. The van der Waals surface area contributed by atoms with Crippen LogP contribution in [0.5, 0.6) is 11.5 Å². The molecular formula is C39H48N2O2. The van der Waals surface area contributed by atoms with Crippen LogP contribution in [0.4, 0.5) is 5.69 Å². The molecule has 4 nitrogen and oxygen atoms in total. The van der Waals surface area contributed by atoms with Crippen LogP contribution in [0.15, 0.2) is 90.2 Å². The van der Waals surface area contributed by atoms with Gasteiger partial charge in [0, 0.05) is 22.5 Å². The van der Waals surface area contributed by atoms with Gasteiger partial charge in [0.05, 0.1) is 25.6 Å². The van der Waals surface area contributed by atoms with E-state index in [1.54, 1.807) is 14.2 Å². The predicted octanol–water partition coefficient (Wildman–Crippen LogP) is 9.81. The number of allylic oxidation sites excluding steroid dienone is 3. The molecule has 1 aliphatic heterocycles. The van der Waals surface area contributed by atoms with Gasteiger partial charge in [-0.15, -0.1) is 0 Å². The molecule has 0 fully saturated rings. The minimum atomic E-state index is 0.0375. The zero-order valence-electron chi connectivity index (χ0n) is 27.7. The fraction of sp³-hybridized carbons (Fsp3) is 0.385. The summed E-state index contributed by atoms with van der Waals surface area (Å²) in [6.45, 7) is 19.1. The third kappa shape index (κ3) is 6.11. The second-order valence-corrected chi connectivity index (χ2v) is 14.1. The average molecular weight is 577 g/mol. The fourth-order valence-electron chi connectivity index (χ4n) is 6.09. The Morgan fingerprint density at radius 2 is 1.23 bits per heavy atom. The lowest BCUT2D eigenvalue weighted by Gasteiger charge is -2.35. The van der Waals surface area contributed by atoms with E-state index in [0.717, 1.165) is 29.0 Å². The Hall–Kier alpha value is -3.92. The molecule has 4 heteroatoms. The van der Waals surface area contributed by atoms with E-state index < -0.39 is 0 Å². The maximum Gasteiger partial charge on any atom is 0.118 e. The molecule has 1 aliphatic carbocycles. The van der Waals surface area contributed by atoms with Crippen LogP contribution in [0.25, 0.3) is 11.4 Å². The number of hydrogen-bond acceptors (Lipinski definition) is 4. The van der Waals surface area contributed by atoms with Crippen molar-refractivity contribution in [2.75, 3.05) is 25.8 Å². The van der Waals surface area contributed by atoms with Crippen LogP contribution in [-0.4, -0.2) is 25.8 Å². The highest BCUT2D eigenvalue weighted by molar-refractivity contribution is 6.00. The van der Waals surface area contributed by atoms with Crippen LogP contribution in [-0.2, 0) is 5.41 Å². The molecule has 0 N–H and O–H groups in total. The van der Waals surface area contributed by atoms with Crippen LogP contribution >= 0.6 is 0 Å². The number of nitrogens with zero attached hydrogens (tertiary/aromatic N) is 2. The van der Waals surface area contributed by atoms with Crippen molar-refractivity contribution in [3.05, 3.63) is 112 Å². The summed E-state index contributed by atoms with van der Waals surface area (Å²) < 4.78 is 11.1. The lowest BCUT2D eigenvalue weighted by Crippen LogP contribution is -2.30. The number of rotatable bonds is 6. The largest absolute Gasteiger partial charge is 0.497 e. The highest BCUT2D eigenvalue weighted by Crippen LogP contribution is 2.47. The average Bonchev–Trinajstić information content (AvgIpc) is 3.36. The monoisotopic (exact) mass is 576 g/mol. The summed E-state index contributed by atoms with van der Waals surface area (Å²) in [5.41, 5.74) is 11.3. The lowest BCUT2D eigenvalue weighted by molar-refractivity contribution is 0.287. The van der Waals surface area contributed by atoms with Crippen LogP contribution in [0.1, 0.15) is 77.1 Å². The smallest absolute Gasteiger partial charge is 0.118 e. The van der Waals surface area contributed by atoms with Crippen molar-refractivity contribution in [3.63, 3.8) is 0 Å². The number of anilines is 1. The minimum Gasteiger partial charge on any atom is -0.497 e. The molecular weight excluding hydrogens is 528 g/mol. The Morgan fingerprint density at radius 1 is 0.698 bits per heavy atom. The summed E-state index contributed by atoms with van der Waals surface area (Å²) in [5.74, 6) is 2.16. The number of hydrogen-bond donors (Lipinski definition) is 0. The van der Waals surface area contributed by atoms with Gasteiger partial charge in [-0.25, -0.2) is 0 Å². The maximum absolute atomic E-state index is 5.56. The molecule has 5 rings (SSSR count). The lowest BCUT2D eigenvalue weighted by atomic mass is 9.75. The molecule has 43 heavy (non-hydrogen) atoms. The summed E-state index contributed by atoms with van der Waals surface area (Å²) in [4.78, 5) is 5.05. The first kappa shape index (κ1) is 30.5. The Balaban J connectivity index is 1.81. The van der Waals surface area contributed by atoms with E-state index in [-0.39, 0.29) is 10.8 Å². The third-order valence-corrected chi connectivity index (χ3v) is 8.98. The number of benzene rings is 3. The third-order valence-electron chi connectivity index (χ3n) is 8.98. The molecule has 0 saturated heterocycles. The van der Waals surface area contributed by atoms with Gasteiger partial charge in [-0.3, -0.25) is 0 Å². The van der Waals surface area contributed by atoms with Crippen LogP contribution in [0.3, 0.4) is 0 Å².